The summed E-state index contributed by atoms with van der Waals surface area (Å²) in [4.78, 5) is 21.9. The largest absolute Gasteiger partial charge is 0.494 e. The number of hydrogen-bond donors (Lipinski definition) is 1. The summed E-state index contributed by atoms with van der Waals surface area (Å²) in [7, 11) is 0. The maximum absolute atomic E-state index is 13.1. The van der Waals surface area contributed by atoms with Crippen molar-refractivity contribution in [3.63, 3.8) is 0 Å². The van der Waals surface area contributed by atoms with Gasteiger partial charge < -0.3 is 5.11 Å². The quantitative estimate of drug-likeness (QED) is 0.514. The topological polar surface area (TPSA) is 85.3 Å². The third-order valence-electron chi connectivity index (χ3n) is 5.65. The normalized spacial score (nSPS) is 15.1. The number of aromatic nitrogens is 4. The lowest BCUT2D eigenvalue weighted by Crippen LogP contribution is -2.20. The van der Waals surface area contributed by atoms with E-state index < -0.39 is 0 Å². The van der Waals surface area contributed by atoms with Crippen molar-refractivity contribution >= 4 is 22.8 Å². The number of aliphatic imine (C=N–C) groups is 1. The monoisotopic (exact) mass is 399 g/mol. The summed E-state index contributed by atoms with van der Waals surface area (Å²) in [5.74, 6) is 1.52. The van der Waals surface area contributed by atoms with Crippen LogP contribution in [-0.4, -0.2) is 30.7 Å². The van der Waals surface area contributed by atoms with E-state index in [9.17, 15) is 9.90 Å². The molecule has 0 spiro atoms. The van der Waals surface area contributed by atoms with Gasteiger partial charge in [-0.2, -0.15) is 5.10 Å². The van der Waals surface area contributed by atoms with Crippen LogP contribution in [0, 0.1) is 5.92 Å². The van der Waals surface area contributed by atoms with Gasteiger partial charge in [0.2, 0.25) is 5.88 Å². The lowest BCUT2D eigenvalue weighted by molar-refractivity contribution is 0.434. The fraction of sp³-hybridized carbons (Fsp3) is 0.217. The number of benzene rings is 1. The summed E-state index contributed by atoms with van der Waals surface area (Å²) >= 11 is 0. The Labute approximate surface area is 173 Å². The van der Waals surface area contributed by atoms with E-state index >= 15 is 0 Å². The first-order valence-corrected chi connectivity index (χ1v) is 10.0. The van der Waals surface area contributed by atoms with E-state index in [4.69, 9.17) is 0 Å². The second-order valence-corrected chi connectivity index (χ2v) is 7.58. The Bertz CT molecular complexity index is 1300. The molecule has 7 nitrogen and oxygen atoms in total. The first-order valence-electron chi connectivity index (χ1n) is 10.0. The van der Waals surface area contributed by atoms with E-state index in [1.165, 1.54) is 17.4 Å². The molecule has 1 aliphatic rings. The number of fused-ring (bicyclic) bond motifs is 1. The van der Waals surface area contributed by atoms with Gasteiger partial charge in [-0.25, -0.2) is 19.2 Å². The van der Waals surface area contributed by atoms with Gasteiger partial charge in [0, 0.05) is 29.3 Å². The Kier molecular flexibility index (Phi) is 4.43. The van der Waals surface area contributed by atoms with E-state index in [1.807, 2.05) is 22.9 Å². The molecule has 1 atom stereocenters. The second kappa shape index (κ2) is 7.26. The molecule has 0 bridgehead atoms. The Morgan fingerprint density at radius 2 is 1.87 bits per heavy atom. The molecule has 1 aliphatic carbocycles. The summed E-state index contributed by atoms with van der Waals surface area (Å²) < 4.78 is 3.13. The standard InChI is InChI=1S/C23H21N5O2/c1-15(16-9-10-16)28-21(11-13-26-28)25-14-19-17-6-2-3-7-18(17)22(29)27(23(19)30)20-8-4-5-12-24-20/h2-8,11-16,30H,9-10H2,1H3/b25-14+/t15-/m0/s1. The number of rotatable bonds is 5. The van der Waals surface area contributed by atoms with E-state index in [1.54, 1.807) is 48.9 Å². The van der Waals surface area contributed by atoms with Crippen molar-refractivity contribution in [2.45, 2.75) is 25.8 Å². The molecule has 30 heavy (non-hydrogen) atoms. The van der Waals surface area contributed by atoms with Gasteiger partial charge >= 0.3 is 0 Å². The van der Waals surface area contributed by atoms with Crippen LogP contribution in [0.4, 0.5) is 5.82 Å². The van der Waals surface area contributed by atoms with Crippen LogP contribution in [0.1, 0.15) is 31.4 Å². The van der Waals surface area contributed by atoms with E-state index in [0.717, 1.165) is 0 Å². The van der Waals surface area contributed by atoms with Gasteiger partial charge in [-0.3, -0.25) is 4.79 Å². The zero-order valence-corrected chi connectivity index (χ0v) is 16.5. The highest BCUT2D eigenvalue weighted by Crippen LogP contribution is 2.40. The highest BCUT2D eigenvalue weighted by Gasteiger charge is 2.30. The molecular formula is C23H21N5O2. The van der Waals surface area contributed by atoms with Crippen LogP contribution in [0.3, 0.4) is 0 Å². The Balaban J connectivity index is 1.67. The maximum Gasteiger partial charge on any atom is 0.267 e. The number of nitrogens with zero attached hydrogens (tertiary/aromatic N) is 5. The molecule has 1 aromatic carbocycles. The van der Waals surface area contributed by atoms with Gasteiger partial charge in [0.15, 0.2) is 5.82 Å². The van der Waals surface area contributed by atoms with Gasteiger partial charge in [-0.1, -0.05) is 24.3 Å². The predicted octanol–water partition coefficient (Wildman–Crippen LogP) is 4.01. The van der Waals surface area contributed by atoms with Crippen LogP contribution in [0.5, 0.6) is 5.88 Å². The highest BCUT2D eigenvalue weighted by molar-refractivity contribution is 6.02. The molecular weight excluding hydrogens is 378 g/mol. The van der Waals surface area contributed by atoms with Gasteiger partial charge in [0.1, 0.15) is 5.82 Å². The van der Waals surface area contributed by atoms with E-state index in [-0.39, 0.29) is 17.5 Å². The fourth-order valence-electron chi connectivity index (χ4n) is 3.82. The fourth-order valence-corrected chi connectivity index (χ4v) is 3.82. The van der Waals surface area contributed by atoms with Crippen LogP contribution in [-0.2, 0) is 0 Å². The average molecular weight is 399 g/mol. The van der Waals surface area contributed by atoms with Gasteiger partial charge in [-0.15, -0.1) is 0 Å². The first-order chi connectivity index (χ1) is 14.6. The lowest BCUT2D eigenvalue weighted by Gasteiger charge is -2.14. The minimum atomic E-state index is -0.327. The van der Waals surface area contributed by atoms with Crippen molar-refractivity contribution in [3.05, 3.63) is 76.8 Å². The molecule has 3 heterocycles. The maximum atomic E-state index is 13.1. The molecule has 0 radical (unpaired) electrons. The molecule has 0 aliphatic heterocycles. The molecule has 0 unspecified atom stereocenters. The van der Waals surface area contributed by atoms with Crippen molar-refractivity contribution in [3.8, 4) is 11.7 Å². The molecule has 7 heteroatoms. The van der Waals surface area contributed by atoms with Crippen LogP contribution in [0.15, 0.2) is 70.7 Å². The Morgan fingerprint density at radius 3 is 2.60 bits per heavy atom. The van der Waals surface area contributed by atoms with Gasteiger partial charge in [0.25, 0.3) is 5.56 Å². The summed E-state index contributed by atoms with van der Waals surface area (Å²) in [5, 5.41) is 16.6. The van der Waals surface area contributed by atoms with Crippen molar-refractivity contribution < 1.29 is 5.11 Å². The van der Waals surface area contributed by atoms with Crippen molar-refractivity contribution in [2.24, 2.45) is 10.9 Å². The summed E-state index contributed by atoms with van der Waals surface area (Å²) in [6, 6.07) is 14.5. The zero-order chi connectivity index (χ0) is 20.7. The molecule has 0 amide bonds. The summed E-state index contributed by atoms with van der Waals surface area (Å²) in [6.45, 7) is 2.15. The van der Waals surface area contributed by atoms with Crippen molar-refractivity contribution in [2.75, 3.05) is 0 Å². The molecule has 4 aromatic rings. The van der Waals surface area contributed by atoms with Crippen LogP contribution in [0.25, 0.3) is 16.6 Å². The minimum absolute atomic E-state index is 0.192. The number of pyridine rings is 2. The smallest absolute Gasteiger partial charge is 0.267 e. The van der Waals surface area contributed by atoms with Gasteiger partial charge in [0.05, 0.1) is 17.8 Å². The highest BCUT2D eigenvalue weighted by atomic mass is 16.3. The lowest BCUT2D eigenvalue weighted by atomic mass is 10.1. The first kappa shape index (κ1) is 18.3. The van der Waals surface area contributed by atoms with E-state index in [0.29, 0.717) is 33.9 Å². The average Bonchev–Trinajstić information content (AvgIpc) is 3.52. The molecule has 1 saturated carbocycles. The minimum Gasteiger partial charge on any atom is -0.494 e. The zero-order valence-electron chi connectivity index (χ0n) is 16.5. The SMILES string of the molecule is C[C@@H](C1CC1)n1nccc1/N=C/c1c(O)n(-c2ccccn2)c(=O)c2ccccc12. The molecule has 150 valence electrons. The van der Waals surface area contributed by atoms with Gasteiger partial charge in [-0.05, 0) is 43.9 Å². The molecule has 5 rings (SSSR count). The van der Waals surface area contributed by atoms with Crippen LogP contribution < -0.4 is 5.56 Å². The summed E-state index contributed by atoms with van der Waals surface area (Å²) in [6.07, 6.45) is 7.35. The van der Waals surface area contributed by atoms with Crippen molar-refractivity contribution in [1.82, 2.24) is 19.3 Å². The Morgan fingerprint density at radius 1 is 1.10 bits per heavy atom. The number of hydrogen-bond acceptors (Lipinski definition) is 5. The summed E-state index contributed by atoms with van der Waals surface area (Å²) in [5.41, 5.74) is 0.133. The predicted molar refractivity (Wildman–Crippen MR) is 116 cm³/mol. The van der Waals surface area contributed by atoms with Crippen LogP contribution >= 0.6 is 0 Å². The third kappa shape index (κ3) is 3.08. The molecule has 1 fully saturated rings. The molecule has 0 saturated heterocycles. The number of aromatic hydroxyl groups is 1. The molecule has 3 aromatic heterocycles. The van der Waals surface area contributed by atoms with Crippen LogP contribution in [0.2, 0.25) is 0 Å². The third-order valence-corrected chi connectivity index (χ3v) is 5.65. The van der Waals surface area contributed by atoms with Crippen molar-refractivity contribution in [1.29, 1.82) is 0 Å². The second-order valence-electron chi connectivity index (χ2n) is 7.58. The molecule has 1 N–H and O–H groups in total. The van der Waals surface area contributed by atoms with E-state index in [2.05, 4.69) is 22.0 Å². The Hall–Kier alpha value is -3.74.